The van der Waals surface area contributed by atoms with Gasteiger partial charge in [-0.25, -0.2) is 4.98 Å². The lowest BCUT2D eigenvalue weighted by atomic mass is 9.93. The van der Waals surface area contributed by atoms with Crippen LogP contribution in [0.4, 0.5) is 19.0 Å². The molecule has 1 N–H and O–H groups in total. The second kappa shape index (κ2) is 6.55. The highest BCUT2D eigenvalue weighted by Crippen LogP contribution is 2.40. The number of benzene rings is 1. The van der Waals surface area contributed by atoms with Crippen LogP contribution in [0.2, 0.25) is 0 Å². The van der Waals surface area contributed by atoms with Gasteiger partial charge >= 0.3 is 6.18 Å². The zero-order valence-corrected chi connectivity index (χ0v) is 14.2. The van der Waals surface area contributed by atoms with E-state index in [1.807, 2.05) is 23.1 Å². The van der Waals surface area contributed by atoms with E-state index < -0.39 is 17.8 Å². The summed E-state index contributed by atoms with van der Waals surface area (Å²) in [5.74, 6) is 0.487. The number of anilines is 1. The van der Waals surface area contributed by atoms with E-state index in [0.29, 0.717) is 18.8 Å². The van der Waals surface area contributed by atoms with Crippen molar-refractivity contribution in [1.82, 2.24) is 9.88 Å². The maximum Gasteiger partial charge on any atom is 0.417 e. The highest BCUT2D eigenvalue weighted by atomic mass is 19.4. The standard InChI is InChI=1S/C19H20F3N3O/c20-19(21,22)14-8-16-17(26)9-15-12-24(11-13-4-2-1-3-5-13)6-7-25(15)18(16)23-10-14/h1-5,8,10,15,17,26H,6-7,9,11-12H2. The Kier molecular flexibility index (Phi) is 4.36. The van der Waals surface area contributed by atoms with E-state index in [-0.39, 0.29) is 11.6 Å². The molecule has 4 nitrogen and oxygen atoms in total. The van der Waals surface area contributed by atoms with Crippen molar-refractivity contribution in [1.29, 1.82) is 0 Å². The third-order valence-electron chi connectivity index (χ3n) is 5.16. The summed E-state index contributed by atoms with van der Waals surface area (Å²) < 4.78 is 38.8. The van der Waals surface area contributed by atoms with Gasteiger partial charge in [0, 0.05) is 44.0 Å². The van der Waals surface area contributed by atoms with Crippen LogP contribution in [0.1, 0.15) is 29.2 Å². The van der Waals surface area contributed by atoms with Crippen LogP contribution in [0.3, 0.4) is 0 Å². The molecule has 2 unspecified atom stereocenters. The highest BCUT2D eigenvalue weighted by Gasteiger charge is 2.39. The zero-order valence-electron chi connectivity index (χ0n) is 14.2. The first-order valence-corrected chi connectivity index (χ1v) is 8.70. The Morgan fingerprint density at radius 2 is 1.92 bits per heavy atom. The number of aromatic nitrogens is 1. The molecule has 0 spiro atoms. The van der Waals surface area contributed by atoms with Gasteiger partial charge < -0.3 is 10.0 Å². The Morgan fingerprint density at radius 1 is 1.15 bits per heavy atom. The van der Waals surface area contributed by atoms with E-state index in [2.05, 4.69) is 22.0 Å². The minimum Gasteiger partial charge on any atom is -0.388 e. The third-order valence-corrected chi connectivity index (χ3v) is 5.16. The number of alkyl halides is 3. The molecule has 26 heavy (non-hydrogen) atoms. The number of aliphatic hydroxyl groups excluding tert-OH is 1. The number of nitrogens with zero attached hydrogens (tertiary/aromatic N) is 3. The molecule has 4 rings (SSSR count). The van der Waals surface area contributed by atoms with Gasteiger partial charge in [-0.15, -0.1) is 0 Å². The third kappa shape index (κ3) is 3.29. The minimum atomic E-state index is -4.45. The fourth-order valence-corrected chi connectivity index (χ4v) is 3.88. The van der Waals surface area contributed by atoms with Crippen LogP contribution in [-0.4, -0.2) is 40.7 Å². The lowest BCUT2D eigenvalue weighted by molar-refractivity contribution is -0.137. The van der Waals surface area contributed by atoms with E-state index in [4.69, 9.17) is 0 Å². The fourth-order valence-electron chi connectivity index (χ4n) is 3.88. The van der Waals surface area contributed by atoms with Crippen LogP contribution in [0.25, 0.3) is 0 Å². The smallest absolute Gasteiger partial charge is 0.388 e. The summed E-state index contributed by atoms with van der Waals surface area (Å²) in [6, 6.07) is 11.3. The normalized spacial score (nSPS) is 23.5. The van der Waals surface area contributed by atoms with Gasteiger partial charge in [0.2, 0.25) is 0 Å². The quantitative estimate of drug-likeness (QED) is 0.889. The maximum atomic E-state index is 12.9. The first-order valence-electron chi connectivity index (χ1n) is 8.70. The Hall–Kier alpha value is -2.12. The Labute approximate surface area is 149 Å². The highest BCUT2D eigenvalue weighted by molar-refractivity contribution is 5.53. The monoisotopic (exact) mass is 363 g/mol. The van der Waals surface area contributed by atoms with E-state index >= 15 is 0 Å². The number of hydrogen-bond donors (Lipinski definition) is 1. The lowest BCUT2D eigenvalue weighted by Gasteiger charge is -2.46. The van der Waals surface area contributed by atoms with Crippen molar-refractivity contribution in [3.8, 4) is 0 Å². The van der Waals surface area contributed by atoms with E-state index in [1.54, 1.807) is 0 Å². The first-order chi connectivity index (χ1) is 12.4. The Morgan fingerprint density at radius 3 is 2.65 bits per heavy atom. The number of aliphatic hydroxyl groups is 1. The van der Waals surface area contributed by atoms with Gasteiger partial charge in [-0.1, -0.05) is 30.3 Å². The molecule has 1 aromatic heterocycles. The van der Waals surface area contributed by atoms with Crippen LogP contribution in [0.5, 0.6) is 0 Å². The number of pyridine rings is 1. The van der Waals surface area contributed by atoms with Crippen molar-refractivity contribution >= 4 is 5.82 Å². The number of piperazine rings is 1. The summed E-state index contributed by atoms with van der Waals surface area (Å²) in [5.41, 5.74) is 0.703. The average molecular weight is 363 g/mol. The summed E-state index contributed by atoms with van der Waals surface area (Å²) in [5, 5.41) is 10.4. The van der Waals surface area contributed by atoms with Crippen molar-refractivity contribution in [2.75, 3.05) is 24.5 Å². The Bertz CT molecular complexity index is 781. The molecule has 138 valence electrons. The van der Waals surface area contributed by atoms with Gasteiger partial charge in [-0.3, -0.25) is 4.90 Å². The van der Waals surface area contributed by atoms with Crippen molar-refractivity contribution < 1.29 is 18.3 Å². The van der Waals surface area contributed by atoms with Crippen LogP contribution in [-0.2, 0) is 12.7 Å². The summed E-state index contributed by atoms with van der Waals surface area (Å²) in [4.78, 5) is 8.42. The van der Waals surface area contributed by atoms with Gasteiger partial charge in [0.15, 0.2) is 0 Å². The minimum absolute atomic E-state index is 0.0548. The summed E-state index contributed by atoms with van der Waals surface area (Å²) >= 11 is 0. The van der Waals surface area contributed by atoms with Crippen LogP contribution < -0.4 is 4.90 Å². The van der Waals surface area contributed by atoms with Crippen LogP contribution in [0, 0.1) is 0 Å². The van der Waals surface area contributed by atoms with Gasteiger partial charge in [0.25, 0.3) is 0 Å². The molecular weight excluding hydrogens is 343 g/mol. The van der Waals surface area contributed by atoms with Gasteiger partial charge in [-0.2, -0.15) is 13.2 Å². The van der Waals surface area contributed by atoms with Crippen molar-refractivity contribution in [3.05, 3.63) is 59.3 Å². The Balaban J connectivity index is 1.53. The number of halogens is 3. The molecule has 1 fully saturated rings. The molecule has 1 saturated heterocycles. The molecule has 2 atom stereocenters. The van der Waals surface area contributed by atoms with Crippen LogP contribution >= 0.6 is 0 Å². The van der Waals surface area contributed by atoms with E-state index in [0.717, 1.165) is 31.9 Å². The molecule has 0 radical (unpaired) electrons. The van der Waals surface area contributed by atoms with Crippen molar-refractivity contribution in [2.45, 2.75) is 31.3 Å². The molecule has 2 aliphatic heterocycles. The van der Waals surface area contributed by atoms with Gasteiger partial charge in [0.05, 0.1) is 11.7 Å². The zero-order chi connectivity index (χ0) is 18.3. The number of hydrogen-bond acceptors (Lipinski definition) is 4. The SMILES string of the molecule is OC1CC2CN(Cc3ccccc3)CCN2c2ncc(C(F)(F)F)cc21. The predicted molar refractivity (Wildman–Crippen MR) is 91.7 cm³/mol. The molecule has 1 aromatic carbocycles. The topological polar surface area (TPSA) is 39.6 Å². The molecule has 0 amide bonds. The predicted octanol–water partition coefficient (Wildman–Crippen LogP) is 3.23. The van der Waals surface area contributed by atoms with Gasteiger partial charge in [-0.05, 0) is 18.1 Å². The molecule has 0 bridgehead atoms. The first kappa shape index (κ1) is 17.3. The van der Waals surface area contributed by atoms with Crippen molar-refractivity contribution in [2.24, 2.45) is 0 Å². The summed E-state index contributed by atoms with van der Waals surface area (Å²) in [6.45, 7) is 3.09. The van der Waals surface area contributed by atoms with E-state index in [9.17, 15) is 18.3 Å². The molecular formula is C19H20F3N3O. The van der Waals surface area contributed by atoms with Gasteiger partial charge in [0.1, 0.15) is 5.82 Å². The van der Waals surface area contributed by atoms with Crippen LogP contribution in [0.15, 0.2) is 42.6 Å². The van der Waals surface area contributed by atoms with E-state index in [1.165, 1.54) is 5.56 Å². The molecule has 2 aliphatic rings. The lowest BCUT2D eigenvalue weighted by Crippen LogP contribution is -2.55. The second-order valence-corrected chi connectivity index (χ2v) is 6.95. The molecule has 0 saturated carbocycles. The second-order valence-electron chi connectivity index (χ2n) is 6.95. The fraction of sp³-hybridized carbons (Fsp3) is 0.421. The number of fused-ring (bicyclic) bond motifs is 3. The number of rotatable bonds is 2. The maximum absolute atomic E-state index is 12.9. The summed E-state index contributed by atoms with van der Waals surface area (Å²) in [7, 11) is 0. The largest absolute Gasteiger partial charge is 0.417 e. The molecule has 2 aromatic rings. The average Bonchev–Trinajstić information content (AvgIpc) is 2.61. The molecule has 0 aliphatic carbocycles. The molecule has 7 heteroatoms. The van der Waals surface area contributed by atoms with Crippen molar-refractivity contribution in [3.63, 3.8) is 0 Å². The molecule has 3 heterocycles. The summed E-state index contributed by atoms with van der Waals surface area (Å²) in [6.07, 6.45) is -4.09.